The van der Waals surface area contributed by atoms with Gasteiger partial charge in [0.15, 0.2) is 0 Å². The van der Waals surface area contributed by atoms with Crippen molar-refractivity contribution in [2.75, 3.05) is 18.5 Å². The summed E-state index contributed by atoms with van der Waals surface area (Å²) in [4.78, 5) is 2.24. The minimum Gasteiger partial charge on any atom is -0.375 e. The Labute approximate surface area is 101 Å². The summed E-state index contributed by atoms with van der Waals surface area (Å²) in [7, 11) is 2.11. The summed E-state index contributed by atoms with van der Waals surface area (Å²) in [5.74, 6) is 0. The number of benzene rings is 1. The number of nitrogens with zero attached hydrogens (tertiary/aromatic N) is 1. The van der Waals surface area contributed by atoms with Crippen molar-refractivity contribution in [2.24, 2.45) is 5.73 Å². The van der Waals surface area contributed by atoms with Gasteiger partial charge in [0.05, 0.1) is 0 Å². The average molecular weight is 271 g/mol. The first kappa shape index (κ1) is 12.5. The van der Waals surface area contributed by atoms with Gasteiger partial charge in [-0.05, 0) is 44.0 Å². The first-order valence-corrected chi connectivity index (χ1v) is 6.09. The van der Waals surface area contributed by atoms with Crippen LogP contribution < -0.4 is 10.6 Å². The Hall–Kier alpha value is -0.540. The fourth-order valence-electron chi connectivity index (χ4n) is 1.61. The Bertz CT molecular complexity index is 323. The molecule has 84 valence electrons. The molecule has 0 bridgehead atoms. The van der Waals surface area contributed by atoms with E-state index >= 15 is 0 Å². The molecule has 3 heteroatoms. The van der Waals surface area contributed by atoms with Crippen molar-refractivity contribution in [3.05, 3.63) is 28.2 Å². The van der Waals surface area contributed by atoms with Crippen molar-refractivity contribution in [3.8, 4) is 0 Å². The lowest BCUT2D eigenvalue weighted by Gasteiger charge is -2.21. The van der Waals surface area contributed by atoms with E-state index in [9.17, 15) is 0 Å². The predicted molar refractivity (Wildman–Crippen MR) is 70.4 cm³/mol. The summed E-state index contributed by atoms with van der Waals surface area (Å²) in [6.45, 7) is 5.20. The molecule has 0 heterocycles. The highest BCUT2D eigenvalue weighted by Crippen LogP contribution is 2.24. The maximum atomic E-state index is 5.85. The topological polar surface area (TPSA) is 29.3 Å². The number of hydrogen-bond donors (Lipinski definition) is 1. The molecular weight excluding hydrogens is 252 g/mol. The van der Waals surface area contributed by atoms with E-state index < -0.39 is 0 Å². The van der Waals surface area contributed by atoms with Gasteiger partial charge in [-0.15, -0.1) is 0 Å². The quantitative estimate of drug-likeness (QED) is 0.912. The Balaban J connectivity index is 3.02. The zero-order valence-corrected chi connectivity index (χ0v) is 11.2. The van der Waals surface area contributed by atoms with Gasteiger partial charge in [-0.2, -0.15) is 0 Å². The van der Waals surface area contributed by atoms with Crippen LogP contribution in [0.1, 0.15) is 19.4 Å². The summed E-state index contributed by atoms with van der Waals surface area (Å²) in [6.07, 6.45) is 0.916. The molecule has 1 aromatic carbocycles. The van der Waals surface area contributed by atoms with Gasteiger partial charge < -0.3 is 10.6 Å². The van der Waals surface area contributed by atoms with Gasteiger partial charge in [0.25, 0.3) is 0 Å². The summed E-state index contributed by atoms with van der Waals surface area (Å²) in [6, 6.07) is 6.57. The third kappa shape index (κ3) is 3.50. The normalized spacial score (nSPS) is 12.6. The van der Waals surface area contributed by atoms with Crippen LogP contribution >= 0.6 is 15.9 Å². The molecule has 1 atom stereocenters. The predicted octanol–water partition coefficient (Wildman–Crippen LogP) is 2.79. The van der Waals surface area contributed by atoms with Gasteiger partial charge in [0.1, 0.15) is 0 Å². The van der Waals surface area contributed by atoms with Crippen molar-refractivity contribution in [2.45, 2.75) is 26.3 Å². The average Bonchev–Trinajstić information content (AvgIpc) is 2.16. The molecule has 2 N–H and O–H groups in total. The summed E-state index contributed by atoms with van der Waals surface area (Å²) >= 11 is 3.50. The van der Waals surface area contributed by atoms with E-state index in [0.29, 0.717) is 0 Å². The molecule has 0 aliphatic heterocycles. The molecule has 0 amide bonds. The van der Waals surface area contributed by atoms with Gasteiger partial charge >= 0.3 is 0 Å². The van der Waals surface area contributed by atoms with Crippen LogP contribution in [0, 0.1) is 0 Å². The number of halogens is 1. The zero-order chi connectivity index (χ0) is 11.4. The minimum atomic E-state index is 0.198. The number of nitrogens with two attached hydrogens (primary N) is 1. The van der Waals surface area contributed by atoms with Crippen LogP contribution in [0.3, 0.4) is 0 Å². The van der Waals surface area contributed by atoms with Crippen LogP contribution in [-0.2, 0) is 6.42 Å². The van der Waals surface area contributed by atoms with Gasteiger partial charge in [-0.25, -0.2) is 0 Å². The standard InChI is InChI=1S/C12H19BrN2/c1-4-15(3)12-6-5-11(13)8-10(12)7-9(2)14/h5-6,8-9H,4,7,14H2,1-3H3. The first-order chi connectivity index (χ1) is 7.04. The fraction of sp³-hybridized carbons (Fsp3) is 0.500. The summed E-state index contributed by atoms with van der Waals surface area (Å²) in [5, 5.41) is 0. The van der Waals surface area contributed by atoms with Crippen molar-refractivity contribution >= 4 is 21.6 Å². The van der Waals surface area contributed by atoms with E-state index in [2.05, 4.69) is 53.0 Å². The zero-order valence-electron chi connectivity index (χ0n) is 9.63. The third-order valence-electron chi connectivity index (χ3n) is 2.47. The maximum Gasteiger partial charge on any atom is 0.0397 e. The lowest BCUT2D eigenvalue weighted by atomic mass is 10.0. The summed E-state index contributed by atoms with van der Waals surface area (Å²) < 4.78 is 1.12. The fourth-order valence-corrected chi connectivity index (χ4v) is 2.02. The molecule has 1 aromatic rings. The van der Waals surface area contributed by atoms with Gasteiger partial charge in [-0.1, -0.05) is 15.9 Å². The molecule has 0 spiro atoms. The Morgan fingerprint density at radius 2 is 2.13 bits per heavy atom. The van der Waals surface area contributed by atoms with Crippen molar-refractivity contribution in [1.82, 2.24) is 0 Å². The highest BCUT2D eigenvalue weighted by Gasteiger charge is 2.08. The second-order valence-electron chi connectivity index (χ2n) is 3.97. The van der Waals surface area contributed by atoms with E-state index in [-0.39, 0.29) is 6.04 Å². The van der Waals surface area contributed by atoms with Crippen LogP contribution in [0.5, 0.6) is 0 Å². The Morgan fingerprint density at radius 1 is 1.47 bits per heavy atom. The molecule has 2 nitrogen and oxygen atoms in total. The third-order valence-corrected chi connectivity index (χ3v) is 2.96. The minimum absolute atomic E-state index is 0.198. The maximum absolute atomic E-state index is 5.85. The van der Waals surface area contributed by atoms with E-state index in [1.807, 2.05) is 6.92 Å². The Morgan fingerprint density at radius 3 is 2.67 bits per heavy atom. The highest BCUT2D eigenvalue weighted by molar-refractivity contribution is 9.10. The molecule has 0 fully saturated rings. The van der Waals surface area contributed by atoms with Gasteiger partial charge in [-0.3, -0.25) is 0 Å². The van der Waals surface area contributed by atoms with Crippen LogP contribution in [0.25, 0.3) is 0 Å². The molecule has 0 saturated carbocycles. The number of anilines is 1. The Kier molecular flexibility index (Phi) is 4.61. The van der Waals surface area contributed by atoms with E-state index in [0.717, 1.165) is 17.4 Å². The highest BCUT2D eigenvalue weighted by atomic mass is 79.9. The van der Waals surface area contributed by atoms with Crippen LogP contribution in [0.4, 0.5) is 5.69 Å². The number of rotatable bonds is 4. The lowest BCUT2D eigenvalue weighted by Crippen LogP contribution is -2.22. The molecule has 0 aliphatic rings. The monoisotopic (exact) mass is 270 g/mol. The van der Waals surface area contributed by atoms with E-state index in [4.69, 9.17) is 5.73 Å². The van der Waals surface area contributed by atoms with Crippen LogP contribution in [0.2, 0.25) is 0 Å². The van der Waals surface area contributed by atoms with Crippen molar-refractivity contribution < 1.29 is 0 Å². The SMILES string of the molecule is CCN(C)c1ccc(Br)cc1CC(C)N. The molecule has 0 saturated heterocycles. The van der Waals surface area contributed by atoms with Crippen molar-refractivity contribution in [1.29, 1.82) is 0 Å². The second-order valence-corrected chi connectivity index (χ2v) is 4.88. The second kappa shape index (κ2) is 5.52. The van der Waals surface area contributed by atoms with Gasteiger partial charge in [0.2, 0.25) is 0 Å². The molecule has 0 aromatic heterocycles. The molecular formula is C12H19BrN2. The van der Waals surface area contributed by atoms with E-state index in [1.165, 1.54) is 11.3 Å². The molecule has 0 radical (unpaired) electrons. The van der Waals surface area contributed by atoms with Crippen molar-refractivity contribution in [3.63, 3.8) is 0 Å². The first-order valence-electron chi connectivity index (χ1n) is 5.29. The summed E-state index contributed by atoms with van der Waals surface area (Å²) in [5.41, 5.74) is 8.44. The number of hydrogen-bond acceptors (Lipinski definition) is 2. The van der Waals surface area contributed by atoms with Crippen LogP contribution in [0.15, 0.2) is 22.7 Å². The molecule has 1 rings (SSSR count). The largest absolute Gasteiger partial charge is 0.375 e. The van der Waals surface area contributed by atoms with E-state index in [1.54, 1.807) is 0 Å². The van der Waals surface area contributed by atoms with Crippen LogP contribution in [-0.4, -0.2) is 19.6 Å². The molecule has 15 heavy (non-hydrogen) atoms. The lowest BCUT2D eigenvalue weighted by molar-refractivity contribution is 0.735. The van der Waals surface area contributed by atoms with Gasteiger partial charge in [0, 0.05) is 29.8 Å². The molecule has 1 unspecified atom stereocenters. The molecule has 0 aliphatic carbocycles. The smallest absolute Gasteiger partial charge is 0.0397 e.